The summed E-state index contributed by atoms with van der Waals surface area (Å²) in [4.78, 5) is 43.8. The number of likely N-dealkylation sites (N-methyl/N-ethyl adjacent to an activating group) is 1. The zero-order valence-corrected chi connectivity index (χ0v) is 21.8. The average molecular weight is 489 g/mol. The van der Waals surface area contributed by atoms with Gasteiger partial charge in [-0.05, 0) is 49.8 Å². The van der Waals surface area contributed by atoms with Crippen molar-refractivity contribution in [3.8, 4) is 0 Å². The molecule has 0 spiro atoms. The Balaban J connectivity index is 1.66. The summed E-state index contributed by atoms with van der Waals surface area (Å²) in [6, 6.07) is 14.4. The third-order valence-electron chi connectivity index (χ3n) is 6.99. The highest BCUT2D eigenvalue weighted by Gasteiger charge is 2.47. The van der Waals surface area contributed by atoms with Crippen LogP contribution in [0.25, 0.3) is 0 Å². The van der Waals surface area contributed by atoms with Gasteiger partial charge in [0.05, 0.1) is 23.9 Å². The Kier molecular flexibility index (Phi) is 7.48. The van der Waals surface area contributed by atoms with Gasteiger partial charge in [0.15, 0.2) is 0 Å². The topological polar surface area (TPSA) is 81.8 Å². The van der Waals surface area contributed by atoms with Gasteiger partial charge in [-0.25, -0.2) is 4.79 Å². The molecule has 2 heterocycles. The van der Waals surface area contributed by atoms with Gasteiger partial charge < -0.3 is 15.5 Å². The third-order valence-corrected chi connectivity index (χ3v) is 6.99. The summed E-state index contributed by atoms with van der Waals surface area (Å²) < 4.78 is 0. The van der Waals surface area contributed by atoms with Gasteiger partial charge in [-0.1, -0.05) is 67.9 Å². The molecule has 2 aromatic carbocycles. The first-order valence-electron chi connectivity index (χ1n) is 12.7. The molecule has 0 bridgehead atoms. The number of amides is 4. The van der Waals surface area contributed by atoms with Gasteiger partial charge in [-0.2, -0.15) is 0 Å². The van der Waals surface area contributed by atoms with Crippen LogP contribution in [0.15, 0.2) is 59.8 Å². The van der Waals surface area contributed by atoms with Gasteiger partial charge >= 0.3 is 6.03 Å². The number of hydrogen-bond donors (Lipinski definition) is 2. The van der Waals surface area contributed by atoms with Crippen LogP contribution in [0.4, 0.5) is 4.79 Å². The molecule has 7 nitrogen and oxygen atoms in total. The van der Waals surface area contributed by atoms with Crippen molar-refractivity contribution in [1.29, 1.82) is 0 Å². The summed E-state index contributed by atoms with van der Waals surface area (Å²) in [6.45, 7) is 11.1. The largest absolute Gasteiger partial charge is 0.350 e. The van der Waals surface area contributed by atoms with E-state index >= 15 is 0 Å². The third kappa shape index (κ3) is 5.01. The Morgan fingerprint density at radius 2 is 1.83 bits per heavy atom. The molecule has 0 aromatic heterocycles. The Morgan fingerprint density at radius 1 is 1.11 bits per heavy atom. The number of urea groups is 1. The molecule has 36 heavy (non-hydrogen) atoms. The number of aryl methyl sites for hydroxylation is 2. The van der Waals surface area contributed by atoms with Gasteiger partial charge in [0, 0.05) is 13.1 Å². The first-order valence-corrected chi connectivity index (χ1v) is 12.7. The fourth-order valence-corrected chi connectivity index (χ4v) is 5.21. The lowest BCUT2D eigenvalue weighted by molar-refractivity contribution is -0.137. The number of carbonyl (C=O) groups excluding carboxylic acids is 3. The number of carbonyl (C=O) groups is 3. The second kappa shape index (κ2) is 10.6. The van der Waals surface area contributed by atoms with Gasteiger partial charge in [0.25, 0.3) is 5.91 Å². The maximum absolute atomic E-state index is 14.0. The maximum atomic E-state index is 14.0. The minimum absolute atomic E-state index is 0.175. The van der Waals surface area contributed by atoms with Crippen molar-refractivity contribution in [2.75, 3.05) is 13.1 Å². The van der Waals surface area contributed by atoms with Crippen molar-refractivity contribution in [2.45, 2.75) is 59.7 Å². The molecule has 2 aliphatic heterocycles. The second-order valence-electron chi connectivity index (χ2n) is 10.1. The molecule has 2 atom stereocenters. The number of hydrogen-bond acceptors (Lipinski definition) is 3. The average Bonchev–Trinajstić information content (AvgIpc) is 3.18. The molecule has 2 aromatic rings. The molecular weight excluding hydrogens is 452 g/mol. The standard InChI is InChI=1S/C29H36N4O3/c1-6-32-24-17-33(23(14-18(2)3)27(34)30-16-21-10-8-7-9-11-21)28(35)25(24)26(31-29(32)36)22-13-12-19(4)15-20(22)5/h7-13,15,18,23,26H,6,14,16-17H2,1-5H3,(H,30,34)(H,31,36)/t23-,26+/m0/s1. The molecule has 0 radical (unpaired) electrons. The van der Waals surface area contributed by atoms with E-state index in [0.717, 1.165) is 22.3 Å². The quantitative estimate of drug-likeness (QED) is 0.584. The molecule has 4 rings (SSSR count). The lowest BCUT2D eigenvalue weighted by atomic mass is 9.91. The van der Waals surface area contributed by atoms with Crippen LogP contribution in [0.3, 0.4) is 0 Å². The van der Waals surface area contributed by atoms with Crippen molar-refractivity contribution in [2.24, 2.45) is 5.92 Å². The summed E-state index contributed by atoms with van der Waals surface area (Å²) >= 11 is 0. The van der Waals surface area contributed by atoms with Crippen LogP contribution >= 0.6 is 0 Å². The first kappa shape index (κ1) is 25.5. The normalized spacial score (nSPS) is 18.4. The predicted molar refractivity (Wildman–Crippen MR) is 140 cm³/mol. The molecule has 2 aliphatic rings. The van der Waals surface area contributed by atoms with Gasteiger partial charge in [0.2, 0.25) is 5.91 Å². The van der Waals surface area contributed by atoms with Crippen LogP contribution in [0, 0.1) is 19.8 Å². The van der Waals surface area contributed by atoms with Crippen molar-refractivity contribution in [3.63, 3.8) is 0 Å². The highest BCUT2D eigenvalue weighted by Crippen LogP contribution is 2.38. The predicted octanol–water partition coefficient (Wildman–Crippen LogP) is 4.22. The van der Waals surface area contributed by atoms with Crippen LogP contribution in [-0.2, 0) is 16.1 Å². The number of benzene rings is 2. The van der Waals surface area contributed by atoms with E-state index in [1.54, 1.807) is 9.80 Å². The Labute approximate surface area is 213 Å². The van der Waals surface area contributed by atoms with E-state index in [-0.39, 0.29) is 30.3 Å². The number of nitrogens with one attached hydrogen (secondary N) is 2. The number of nitrogens with zero attached hydrogens (tertiary/aromatic N) is 2. The smallest absolute Gasteiger partial charge is 0.322 e. The molecule has 7 heteroatoms. The van der Waals surface area contributed by atoms with E-state index in [0.29, 0.717) is 30.8 Å². The highest BCUT2D eigenvalue weighted by molar-refractivity contribution is 6.03. The molecule has 4 amide bonds. The van der Waals surface area contributed by atoms with E-state index in [1.165, 1.54) is 0 Å². The fourth-order valence-electron chi connectivity index (χ4n) is 5.21. The summed E-state index contributed by atoms with van der Waals surface area (Å²) in [5, 5.41) is 6.08. The van der Waals surface area contributed by atoms with E-state index in [4.69, 9.17) is 0 Å². The van der Waals surface area contributed by atoms with E-state index < -0.39 is 12.1 Å². The lowest BCUT2D eigenvalue weighted by Crippen LogP contribution is -2.49. The van der Waals surface area contributed by atoms with Crippen LogP contribution in [0.2, 0.25) is 0 Å². The first-order chi connectivity index (χ1) is 17.2. The minimum atomic E-state index is -0.625. The fraction of sp³-hybridized carbons (Fsp3) is 0.414. The monoisotopic (exact) mass is 488 g/mol. The molecular formula is C29H36N4O3. The zero-order valence-electron chi connectivity index (χ0n) is 21.8. The van der Waals surface area contributed by atoms with Gasteiger partial charge in [-0.3, -0.25) is 14.5 Å². The van der Waals surface area contributed by atoms with Crippen molar-refractivity contribution in [3.05, 3.63) is 82.1 Å². The molecule has 0 saturated heterocycles. The Hall–Kier alpha value is -3.61. The van der Waals surface area contributed by atoms with Crippen LogP contribution in [-0.4, -0.2) is 46.8 Å². The summed E-state index contributed by atoms with van der Waals surface area (Å²) in [6.07, 6.45) is 0.536. The van der Waals surface area contributed by atoms with Crippen molar-refractivity contribution < 1.29 is 14.4 Å². The molecule has 0 aliphatic carbocycles. The lowest BCUT2D eigenvalue weighted by Gasteiger charge is -2.33. The van der Waals surface area contributed by atoms with E-state index in [9.17, 15) is 14.4 Å². The summed E-state index contributed by atoms with van der Waals surface area (Å²) in [5.41, 5.74) is 5.30. The molecule has 2 N–H and O–H groups in total. The minimum Gasteiger partial charge on any atom is -0.350 e. The maximum Gasteiger partial charge on any atom is 0.322 e. The van der Waals surface area contributed by atoms with E-state index in [1.807, 2.05) is 77.1 Å². The highest BCUT2D eigenvalue weighted by atomic mass is 16.2. The Morgan fingerprint density at radius 3 is 2.47 bits per heavy atom. The second-order valence-corrected chi connectivity index (χ2v) is 10.1. The van der Waals surface area contributed by atoms with Crippen LogP contribution < -0.4 is 10.6 Å². The van der Waals surface area contributed by atoms with Crippen molar-refractivity contribution in [1.82, 2.24) is 20.4 Å². The van der Waals surface area contributed by atoms with Gasteiger partial charge in [0.1, 0.15) is 6.04 Å². The van der Waals surface area contributed by atoms with Crippen LogP contribution in [0.5, 0.6) is 0 Å². The zero-order chi connectivity index (χ0) is 26.0. The molecule has 0 fully saturated rings. The molecule has 0 saturated carbocycles. The Bertz CT molecular complexity index is 1190. The summed E-state index contributed by atoms with van der Waals surface area (Å²) in [5.74, 6) is -0.153. The van der Waals surface area contributed by atoms with Gasteiger partial charge in [-0.15, -0.1) is 0 Å². The molecule has 0 unspecified atom stereocenters. The van der Waals surface area contributed by atoms with E-state index in [2.05, 4.69) is 16.7 Å². The van der Waals surface area contributed by atoms with Crippen LogP contribution in [0.1, 0.15) is 55.5 Å². The van der Waals surface area contributed by atoms with Crippen molar-refractivity contribution >= 4 is 17.8 Å². The molecule has 190 valence electrons. The SMILES string of the molecule is CCN1C(=O)N[C@H](c2ccc(C)cc2C)C2=C1CN([C@@H](CC(C)C)C(=O)NCc1ccccc1)C2=O. The number of rotatable bonds is 8. The summed E-state index contributed by atoms with van der Waals surface area (Å²) in [7, 11) is 0.